The van der Waals surface area contributed by atoms with Crippen molar-refractivity contribution in [1.82, 2.24) is 0 Å². The molecule has 0 amide bonds. The molecule has 0 spiro atoms. The van der Waals surface area contributed by atoms with Crippen molar-refractivity contribution in [2.45, 2.75) is 43.8 Å². The molecule has 0 radical (unpaired) electrons. The summed E-state index contributed by atoms with van der Waals surface area (Å²) < 4.78 is 21.5. The molecule has 2 bridgehead atoms. The number of hydrogen-bond acceptors (Lipinski definition) is 4. The molecule has 0 heterocycles. The smallest absolute Gasteiger partial charge is 0.327 e. The lowest BCUT2D eigenvalue weighted by atomic mass is 9.65. The fourth-order valence-electron chi connectivity index (χ4n) is 3.37. The van der Waals surface area contributed by atoms with Crippen molar-refractivity contribution in [2.24, 2.45) is 11.8 Å². The van der Waals surface area contributed by atoms with Crippen molar-refractivity contribution in [3.63, 3.8) is 0 Å². The van der Waals surface area contributed by atoms with Gasteiger partial charge in [-0.15, -0.1) is 0 Å². The van der Waals surface area contributed by atoms with E-state index in [0.29, 0.717) is 12.3 Å². The Hall–Kier alpha value is -0.310. The Bertz CT molecular complexity index is 283. The Balaban J connectivity index is 2.15. The first-order chi connectivity index (χ1) is 7.71. The number of methoxy groups -OCH3 is 1. The largest absolute Gasteiger partial charge is 0.381 e. The molecule has 16 heavy (non-hydrogen) atoms. The van der Waals surface area contributed by atoms with E-state index in [1.165, 1.54) is 0 Å². The molecular weight excluding hydrogens is 227 g/mol. The lowest BCUT2D eigenvalue weighted by Gasteiger charge is -2.47. The van der Waals surface area contributed by atoms with Crippen LogP contribution in [0.5, 0.6) is 0 Å². The van der Waals surface area contributed by atoms with Gasteiger partial charge >= 0.3 is 8.69 Å². The number of aldehydes is 1. The molecule has 0 aliphatic heterocycles. The molecule has 4 unspecified atom stereocenters. The maximum Gasteiger partial charge on any atom is 0.327 e. The summed E-state index contributed by atoms with van der Waals surface area (Å²) in [7, 11) is 1.41. The number of fused-ring (bicyclic) bond motifs is 2. The average Bonchev–Trinajstić information content (AvgIpc) is 2.27. The minimum absolute atomic E-state index is 0.0540. The average molecular weight is 244 g/mol. The summed E-state index contributed by atoms with van der Waals surface area (Å²) in [5, 5.41) is 0. The van der Waals surface area contributed by atoms with Crippen LogP contribution in [-0.4, -0.2) is 25.1 Å². The Morgan fingerprint density at radius 2 is 2.12 bits per heavy atom. The third-order valence-corrected chi connectivity index (χ3v) is 4.35. The number of carbonyl (C=O) groups excluding carboxylic acids is 1. The molecule has 0 aromatic heterocycles. The summed E-state index contributed by atoms with van der Waals surface area (Å²) in [4.78, 5) is 10.9. The Morgan fingerprint density at radius 1 is 1.31 bits per heavy atom. The van der Waals surface area contributed by atoms with Crippen molar-refractivity contribution < 1.29 is 18.6 Å². The standard InChI is InChI=1S/C11H17O4P/c1-14-10-3-8-2-9(7-12)5-11(4-8,6-10)15-16-13/h7-10H,2-6H2,1H3. The van der Waals surface area contributed by atoms with Crippen molar-refractivity contribution in [3.05, 3.63) is 0 Å². The Morgan fingerprint density at radius 3 is 2.75 bits per heavy atom. The fourth-order valence-corrected chi connectivity index (χ4v) is 3.75. The van der Waals surface area contributed by atoms with Crippen LogP contribution >= 0.6 is 8.69 Å². The van der Waals surface area contributed by atoms with Crippen LogP contribution in [0.15, 0.2) is 0 Å². The van der Waals surface area contributed by atoms with Gasteiger partial charge in [0.15, 0.2) is 0 Å². The van der Waals surface area contributed by atoms with Crippen LogP contribution in [0.3, 0.4) is 0 Å². The topological polar surface area (TPSA) is 52.6 Å². The molecule has 0 aromatic rings. The third kappa shape index (κ3) is 2.34. The Kier molecular flexibility index (Phi) is 3.73. The number of ether oxygens (including phenoxy) is 1. The van der Waals surface area contributed by atoms with Gasteiger partial charge in [0.1, 0.15) is 6.29 Å². The molecular formula is C11H17O4P. The van der Waals surface area contributed by atoms with Crippen LogP contribution in [0, 0.1) is 11.8 Å². The number of rotatable bonds is 4. The molecule has 2 rings (SSSR count). The van der Waals surface area contributed by atoms with Crippen LogP contribution in [0.1, 0.15) is 32.1 Å². The summed E-state index contributed by atoms with van der Waals surface area (Å²) >= 11 is 0. The Labute approximate surface area is 97.0 Å². The van der Waals surface area contributed by atoms with Crippen LogP contribution in [-0.2, 0) is 18.6 Å². The molecule has 5 heteroatoms. The molecule has 0 saturated heterocycles. The zero-order chi connectivity index (χ0) is 11.6. The van der Waals surface area contributed by atoms with Crippen molar-refractivity contribution in [3.8, 4) is 0 Å². The maximum atomic E-state index is 10.9. The molecule has 0 N–H and O–H groups in total. The highest BCUT2D eigenvalue weighted by atomic mass is 31.1. The maximum absolute atomic E-state index is 10.9. The first-order valence-electron chi connectivity index (χ1n) is 5.70. The second-order valence-electron chi connectivity index (χ2n) is 5.05. The lowest BCUT2D eigenvalue weighted by Crippen LogP contribution is -2.48. The highest BCUT2D eigenvalue weighted by molar-refractivity contribution is 7.17. The van der Waals surface area contributed by atoms with Gasteiger partial charge in [0.05, 0.1) is 11.7 Å². The van der Waals surface area contributed by atoms with E-state index in [1.807, 2.05) is 0 Å². The summed E-state index contributed by atoms with van der Waals surface area (Å²) in [5.74, 6) is 0.516. The zero-order valence-electron chi connectivity index (χ0n) is 9.43. The number of carbonyl (C=O) groups is 1. The van der Waals surface area contributed by atoms with Gasteiger partial charge in [-0.3, -0.25) is 4.52 Å². The number of hydrogen-bond donors (Lipinski definition) is 0. The zero-order valence-corrected chi connectivity index (χ0v) is 10.3. The highest BCUT2D eigenvalue weighted by Gasteiger charge is 2.47. The molecule has 2 aliphatic carbocycles. The molecule has 2 aliphatic rings. The molecule has 4 nitrogen and oxygen atoms in total. The van der Waals surface area contributed by atoms with Gasteiger partial charge < -0.3 is 9.53 Å². The van der Waals surface area contributed by atoms with Gasteiger partial charge in [0.2, 0.25) is 0 Å². The first-order valence-corrected chi connectivity index (χ1v) is 6.43. The predicted octanol–water partition coefficient (Wildman–Crippen LogP) is 2.37. The minimum Gasteiger partial charge on any atom is -0.381 e. The van der Waals surface area contributed by atoms with Gasteiger partial charge in [0, 0.05) is 19.4 Å². The van der Waals surface area contributed by atoms with Crippen LogP contribution < -0.4 is 0 Å². The van der Waals surface area contributed by atoms with E-state index in [-0.39, 0.29) is 20.7 Å². The van der Waals surface area contributed by atoms with E-state index >= 15 is 0 Å². The molecule has 90 valence electrons. The van der Waals surface area contributed by atoms with Gasteiger partial charge in [-0.1, -0.05) is 0 Å². The van der Waals surface area contributed by atoms with Crippen LogP contribution in [0.25, 0.3) is 0 Å². The van der Waals surface area contributed by atoms with E-state index < -0.39 is 5.60 Å². The van der Waals surface area contributed by atoms with Gasteiger partial charge in [-0.2, -0.15) is 0 Å². The van der Waals surface area contributed by atoms with Gasteiger partial charge in [-0.25, -0.2) is 4.57 Å². The van der Waals surface area contributed by atoms with Crippen molar-refractivity contribution in [1.29, 1.82) is 0 Å². The van der Waals surface area contributed by atoms with E-state index in [4.69, 9.17) is 9.26 Å². The minimum atomic E-state index is -0.406. The molecule has 4 atom stereocenters. The summed E-state index contributed by atoms with van der Waals surface area (Å²) in [6, 6.07) is 0. The summed E-state index contributed by atoms with van der Waals surface area (Å²) in [5.41, 5.74) is -0.406. The van der Waals surface area contributed by atoms with Crippen molar-refractivity contribution >= 4 is 15.0 Å². The van der Waals surface area contributed by atoms with Crippen LogP contribution in [0.2, 0.25) is 0 Å². The quantitative estimate of drug-likeness (QED) is 0.562. The van der Waals surface area contributed by atoms with Crippen LogP contribution in [0.4, 0.5) is 0 Å². The second-order valence-corrected chi connectivity index (χ2v) is 5.38. The third-order valence-electron chi connectivity index (χ3n) is 3.88. The fraction of sp³-hybridized carbons (Fsp3) is 0.909. The SMILES string of the molecule is COC1CC2CC(C=O)CC(OP=O)(C2)C1. The highest BCUT2D eigenvalue weighted by Crippen LogP contribution is 2.48. The predicted molar refractivity (Wildman–Crippen MR) is 58.3 cm³/mol. The molecule has 0 aromatic carbocycles. The first kappa shape index (κ1) is 12.2. The van der Waals surface area contributed by atoms with E-state index in [9.17, 15) is 9.36 Å². The van der Waals surface area contributed by atoms with Crippen molar-refractivity contribution in [2.75, 3.05) is 7.11 Å². The van der Waals surface area contributed by atoms with Gasteiger partial charge in [-0.05, 0) is 31.6 Å². The van der Waals surface area contributed by atoms with E-state index in [1.54, 1.807) is 7.11 Å². The second kappa shape index (κ2) is 4.91. The monoisotopic (exact) mass is 244 g/mol. The summed E-state index contributed by atoms with van der Waals surface area (Å²) in [6.45, 7) is 0. The molecule has 2 fully saturated rings. The van der Waals surface area contributed by atoms with E-state index in [2.05, 4.69) is 0 Å². The molecule has 2 saturated carbocycles. The van der Waals surface area contributed by atoms with E-state index in [0.717, 1.165) is 32.0 Å². The lowest BCUT2D eigenvalue weighted by molar-refractivity contribution is -0.124. The van der Waals surface area contributed by atoms with Gasteiger partial charge in [0.25, 0.3) is 0 Å². The summed E-state index contributed by atoms with van der Waals surface area (Å²) in [6.07, 6.45) is 5.44. The normalized spacial score (nSPS) is 43.2.